The number of rotatable bonds is 7. The van der Waals surface area contributed by atoms with E-state index in [0.717, 1.165) is 16.7 Å². The molecule has 2 heterocycles. The Balaban J connectivity index is 1.36. The predicted molar refractivity (Wildman–Crippen MR) is 124 cm³/mol. The summed E-state index contributed by atoms with van der Waals surface area (Å²) in [4.78, 5) is 28.1. The van der Waals surface area contributed by atoms with E-state index in [1.54, 1.807) is 48.8 Å². The molecule has 0 unspecified atom stereocenters. The van der Waals surface area contributed by atoms with Gasteiger partial charge in [0.15, 0.2) is 0 Å². The van der Waals surface area contributed by atoms with Crippen molar-refractivity contribution in [1.29, 1.82) is 0 Å². The molecule has 2 aromatic carbocycles. The number of nitrogens with one attached hydrogen (secondary N) is 3. The molecule has 0 bridgehead atoms. The van der Waals surface area contributed by atoms with E-state index in [1.165, 1.54) is 6.07 Å². The van der Waals surface area contributed by atoms with Gasteiger partial charge in [0.25, 0.3) is 5.91 Å². The summed E-state index contributed by atoms with van der Waals surface area (Å²) >= 11 is 0. The SMILES string of the molecule is O=C1CCCc2cc(S(=O)(=O)NCc3ccc(C(=O)NCc4ccncc4)cc3)ccc2N1. The number of nitrogens with zero attached hydrogens (tertiary/aromatic N) is 1. The molecule has 0 fully saturated rings. The van der Waals surface area contributed by atoms with E-state index in [1.807, 2.05) is 12.1 Å². The van der Waals surface area contributed by atoms with Crippen LogP contribution in [0.3, 0.4) is 0 Å². The highest BCUT2D eigenvalue weighted by molar-refractivity contribution is 7.89. The summed E-state index contributed by atoms with van der Waals surface area (Å²) in [7, 11) is -3.73. The number of carbonyl (C=O) groups is 2. The molecule has 0 aliphatic carbocycles. The molecule has 3 aromatic rings. The molecule has 0 spiro atoms. The fraction of sp³-hybridized carbons (Fsp3) is 0.208. The van der Waals surface area contributed by atoms with Gasteiger partial charge in [-0.05, 0) is 72.0 Å². The lowest BCUT2D eigenvalue weighted by atomic mass is 10.1. The normalized spacial score (nSPS) is 13.5. The molecular weight excluding hydrogens is 440 g/mol. The molecule has 8 nitrogen and oxygen atoms in total. The second-order valence-electron chi connectivity index (χ2n) is 7.78. The lowest BCUT2D eigenvalue weighted by Gasteiger charge is -2.11. The van der Waals surface area contributed by atoms with Gasteiger partial charge in [-0.15, -0.1) is 0 Å². The molecule has 1 aromatic heterocycles. The van der Waals surface area contributed by atoms with Gasteiger partial charge in [-0.1, -0.05) is 12.1 Å². The van der Waals surface area contributed by atoms with Crippen molar-refractivity contribution in [3.63, 3.8) is 0 Å². The minimum atomic E-state index is -3.73. The number of carbonyl (C=O) groups excluding carboxylic acids is 2. The Morgan fingerprint density at radius 1 is 0.939 bits per heavy atom. The van der Waals surface area contributed by atoms with Gasteiger partial charge in [0.05, 0.1) is 4.90 Å². The summed E-state index contributed by atoms with van der Waals surface area (Å²) in [6, 6.07) is 15.2. The summed E-state index contributed by atoms with van der Waals surface area (Å²) < 4.78 is 28.1. The Labute approximate surface area is 192 Å². The third-order valence-electron chi connectivity index (χ3n) is 5.40. The highest BCUT2D eigenvalue weighted by Crippen LogP contribution is 2.25. The average molecular weight is 465 g/mol. The van der Waals surface area contributed by atoms with Gasteiger partial charge in [-0.2, -0.15) is 0 Å². The number of amides is 2. The zero-order chi connectivity index (χ0) is 23.3. The lowest BCUT2D eigenvalue weighted by molar-refractivity contribution is -0.116. The van der Waals surface area contributed by atoms with Crippen LogP contribution in [0.1, 0.15) is 39.9 Å². The summed E-state index contributed by atoms with van der Waals surface area (Å²) in [5.74, 6) is -0.270. The smallest absolute Gasteiger partial charge is 0.251 e. The fourth-order valence-corrected chi connectivity index (χ4v) is 4.61. The topological polar surface area (TPSA) is 117 Å². The number of aryl methyl sites for hydroxylation is 1. The van der Waals surface area contributed by atoms with Crippen molar-refractivity contribution < 1.29 is 18.0 Å². The Morgan fingerprint density at radius 2 is 1.67 bits per heavy atom. The summed E-state index contributed by atoms with van der Waals surface area (Å²) in [5.41, 5.74) is 3.64. The van der Waals surface area contributed by atoms with Crippen LogP contribution >= 0.6 is 0 Å². The Hall–Kier alpha value is -3.56. The Morgan fingerprint density at radius 3 is 2.42 bits per heavy atom. The van der Waals surface area contributed by atoms with Crippen molar-refractivity contribution in [2.24, 2.45) is 0 Å². The van der Waals surface area contributed by atoms with Crippen LogP contribution in [-0.4, -0.2) is 25.2 Å². The van der Waals surface area contributed by atoms with Gasteiger partial charge in [0, 0.05) is 43.2 Å². The van der Waals surface area contributed by atoms with Crippen molar-refractivity contribution in [3.8, 4) is 0 Å². The first-order valence-corrected chi connectivity index (χ1v) is 12.1. The number of aromatic nitrogens is 1. The van der Waals surface area contributed by atoms with Crippen LogP contribution in [0, 0.1) is 0 Å². The zero-order valence-corrected chi connectivity index (χ0v) is 18.7. The van der Waals surface area contributed by atoms with Crippen LogP contribution in [0.25, 0.3) is 0 Å². The lowest BCUT2D eigenvalue weighted by Crippen LogP contribution is -2.24. The highest BCUT2D eigenvalue weighted by Gasteiger charge is 2.19. The minimum absolute atomic E-state index is 0.0584. The molecule has 1 aliphatic heterocycles. The van der Waals surface area contributed by atoms with E-state index in [0.29, 0.717) is 37.1 Å². The molecule has 1 aliphatic rings. The first-order valence-electron chi connectivity index (χ1n) is 10.6. The molecule has 33 heavy (non-hydrogen) atoms. The predicted octanol–water partition coefficient (Wildman–Crippen LogP) is 2.76. The maximum atomic E-state index is 12.8. The minimum Gasteiger partial charge on any atom is -0.348 e. The van der Waals surface area contributed by atoms with E-state index in [9.17, 15) is 18.0 Å². The molecule has 4 rings (SSSR count). The summed E-state index contributed by atoms with van der Waals surface area (Å²) in [6.45, 7) is 0.489. The molecule has 170 valence electrons. The van der Waals surface area contributed by atoms with Crippen LogP contribution < -0.4 is 15.4 Å². The van der Waals surface area contributed by atoms with Crippen LogP contribution in [0.4, 0.5) is 5.69 Å². The summed E-state index contributed by atoms with van der Waals surface area (Å²) in [6.07, 6.45) is 5.08. The van der Waals surface area contributed by atoms with Crippen molar-refractivity contribution >= 4 is 27.5 Å². The molecular formula is C24H24N4O4S. The van der Waals surface area contributed by atoms with Crippen LogP contribution in [-0.2, 0) is 34.3 Å². The maximum absolute atomic E-state index is 12.8. The van der Waals surface area contributed by atoms with E-state index >= 15 is 0 Å². The molecule has 2 amide bonds. The van der Waals surface area contributed by atoms with Crippen molar-refractivity contribution in [2.45, 2.75) is 37.2 Å². The van der Waals surface area contributed by atoms with E-state index < -0.39 is 10.0 Å². The number of sulfonamides is 1. The van der Waals surface area contributed by atoms with Crippen LogP contribution in [0.2, 0.25) is 0 Å². The summed E-state index contributed by atoms with van der Waals surface area (Å²) in [5, 5.41) is 5.64. The van der Waals surface area contributed by atoms with Gasteiger partial charge in [-0.3, -0.25) is 14.6 Å². The molecule has 0 saturated heterocycles. The number of anilines is 1. The standard InChI is InChI=1S/C24H24N4O4S/c29-23-3-1-2-20-14-21(8-9-22(20)28-23)33(31,32)27-16-17-4-6-19(7-5-17)24(30)26-15-18-10-12-25-13-11-18/h4-14,27H,1-3,15-16H2,(H,26,30)(H,28,29). The maximum Gasteiger partial charge on any atom is 0.251 e. The fourth-order valence-electron chi connectivity index (χ4n) is 3.54. The van der Waals surface area contributed by atoms with E-state index in [2.05, 4.69) is 20.3 Å². The Kier molecular flexibility index (Phi) is 6.81. The van der Waals surface area contributed by atoms with E-state index in [4.69, 9.17) is 0 Å². The second kappa shape index (κ2) is 9.93. The second-order valence-corrected chi connectivity index (χ2v) is 9.55. The monoisotopic (exact) mass is 464 g/mol. The van der Waals surface area contributed by atoms with Crippen molar-refractivity contribution in [3.05, 3.63) is 89.2 Å². The van der Waals surface area contributed by atoms with Crippen LogP contribution in [0.15, 0.2) is 71.9 Å². The number of hydrogen-bond acceptors (Lipinski definition) is 5. The van der Waals surface area contributed by atoms with Gasteiger partial charge in [-0.25, -0.2) is 13.1 Å². The number of hydrogen-bond donors (Lipinski definition) is 3. The quantitative estimate of drug-likeness (QED) is 0.497. The first kappa shape index (κ1) is 22.6. The molecule has 0 radical (unpaired) electrons. The third-order valence-corrected chi connectivity index (χ3v) is 6.79. The van der Waals surface area contributed by atoms with Gasteiger partial charge < -0.3 is 10.6 Å². The molecule has 0 saturated carbocycles. The molecule has 0 atom stereocenters. The van der Waals surface area contributed by atoms with Gasteiger partial charge in [0.1, 0.15) is 0 Å². The van der Waals surface area contributed by atoms with Crippen molar-refractivity contribution in [1.82, 2.24) is 15.0 Å². The number of benzene rings is 2. The van der Waals surface area contributed by atoms with E-state index in [-0.39, 0.29) is 23.3 Å². The van der Waals surface area contributed by atoms with Gasteiger partial charge in [0.2, 0.25) is 15.9 Å². The number of pyridine rings is 1. The van der Waals surface area contributed by atoms with Crippen molar-refractivity contribution in [2.75, 3.05) is 5.32 Å². The van der Waals surface area contributed by atoms with Gasteiger partial charge >= 0.3 is 0 Å². The average Bonchev–Trinajstić information content (AvgIpc) is 3.02. The molecule has 9 heteroatoms. The number of fused-ring (bicyclic) bond motifs is 1. The zero-order valence-electron chi connectivity index (χ0n) is 17.9. The molecule has 3 N–H and O–H groups in total. The first-order chi connectivity index (χ1) is 15.9. The highest BCUT2D eigenvalue weighted by atomic mass is 32.2. The largest absolute Gasteiger partial charge is 0.348 e. The Bertz CT molecular complexity index is 1260. The van der Waals surface area contributed by atoms with Crippen LogP contribution in [0.5, 0.6) is 0 Å². The third kappa shape index (κ3) is 5.82.